The Labute approximate surface area is 76.6 Å². The molecule has 1 atom stereocenters. The van der Waals surface area contributed by atoms with Crippen LogP contribution in [0, 0.1) is 16.7 Å². The lowest BCUT2D eigenvalue weighted by molar-refractivity contribution is -0.115. The fraction of sp³-hybridized carbons (Fsp3) is 0.909. The Bertz CT molecular complexity index is 151. The zero-order valence-corrected chi connectivity index (χ0v) is 9.27. The highest BCUT2D eigenvalue weighted by molar-refractivity contribution is 5.57. The van der Waals surface area contributed by atoms with Crippen LogP contribution in [0.3, 0.4) is 0 Å². The molecule has 0 N–H and O–H groups in total. The predicted molar refractivity (Wildman–Crippen MR) is 53.1 cm³/mol. The molecule has 0 saturated heterocycles. The van der Waals surface area contributed by atoms with Crippen molar-refractivity contribution >= 4 is 6.29 Å². The van der Waals surface area contributed by atoms with Gasteiger partial charge in [0, 0.05) is 5.41 Å². The summed E-state index contributed by atoms with van der Waals surface area (Å²) in [5.41, 5.74) is 0.146. The second-order valence-corrected chi connectivity index (χ2v) is 5.58. The van der Waals surface area contributed by atoms with E-state index in [-0.39, 0.29) is 5.41 Å². The van der Waals surface area contributed by atoms with E-state index in [1.165, 1.54) is 0 Å². The molecule has 0 heterocycles. The SMILES string of the molecule is CC(CC(C)(C)C=O)C(C)(C)C. The van der Waals surface area contributed by atoms with Gasteiger partial charge < -0.3 is 4.79 Å². The van der Waals surface area contributed by atoms with Crippen molar-refractivity contribution in [2.75, 3.05) is 0 Å². The second kappa shape index (κ2) is 3.59. The molecule has 0 saturated carbocycles. The van der Waals surface area contributed by atoms with Crippen molar-refractivity contribution in [3.8, 4) is 0 Å². The molecule has 1 nitrogen and oxygen atoms in total. The molecule has 1 unspecified atom stereocenters. The molecule has 0 aliphatic rings. The van der Waals surface area contributed by atoms with E-state index in [4.69, 9.17) is 0 Å². The summed E-state index contributed by atoms with van der Waals surface area (Å²) in [7, 11) is 0. The van der Waals surface area contributed by atoms with E-state index in [2.05, 4.69) is 27.7 Å². The van der Waals surface area contributed by atoms with Gasteiger partial charge in [0.1, 0.15) is 6.29 Å². The van der Waals surface area contributed by atoms with Gasteiger partial charge in [-0.1, -0.05) is 41.5 Å². The van der Waals surface area contributed by atoms with Crippen molar-refractivity contribution in [2.45, 2.75) is 48.0 Å². The van der Waals surface area contributed by atoms with Crippen LogP contribution in [0.2, 0.25) is 0 Å². The number of rotatable bonds is 3. The average Bonchev–Trinajstić information content (AvgIpc) is 1.85. The van der Waals surface area contributed by atoms with Crippen molar-refractivity contribution in [3.63, 3.8) is 0 Å². The smallest absolute Gasteiger partial charge is 0.125 e. The molecule has 0 aliphatic carbocycles. The van der Waals surface area contributed by atoms with Crippen LogP contribution in [0.25, 0.3) is 0 Å². The summed E-state index contributed by atoms with van der Waals surface area (Å²) in [6.45, 7) is 12.9. The van der Waals surface area contributed by atoms with Gasteiger partial charge in [-0.2, -0.15) is 0 Å². The molecular weight excluding hydrogens is 148 g/mol. The van der Waals surface area contributed by atoms with E-state index in [0.717, 1.165) is 12.7 Å². The molecule has 0 rings (SSSR count). The number of hydrogen-bond donors (Lipinski definition) is 0. The number of aldehydes is 1. The van der Waals surface area contributed by atoms with E-state index in [0.29, 0.717) is 11.3 Å². The molecular formula is C11H22O. The summed E-state index contributed by atoms with van der Waals surface area (Å²) in [6, 6.07) is 0. The van der Waals surface area contributed by atoms with Crippen molar-refractivity contribution in [3.05, 3.63) is 0 Å². The maximum Gasteiger partial charge on any atom is 0.125 e. The van der Waals surface area contributed by atoms with Gasteiger partial charge in [0.25, 0.3) is 0 Å². The zero-order valence-electron chi connectivity index (χ0n) is 9.27. The fourth-order valence-corrected chi connectivity index (χ4v) is 1.14. The Kier molecular flexibility index (Phi) is 3.49. The van der Waals surface area contributed by atoms with Gasteiger partial charge in [-0.05, 0) is 17.8 Å². The molecule has 0 bridgehead atoms. The summed E-state index contributed by atoms with van der Waals surface area (Å²) in [6.07, 6.45) is 2.04. The average molecular weight is 170 g/mol. The summed E-state index contributed by atoms with van der Waals surface area (Å²) in [4.78, 5) is 10.7. The van der Waals surface area contributed by atoms with Crippen molar-refractivity contribution in [1.29, 1.82) is 0 Å². The highest BCUT2D eigenvalue weighted by Crippen LogP contribution is 2.34. The Morgan fingerprint density at radius 1 is 1.17 bits per heavy atom. The lowest BCUT2D eigenvalue weighted by Crippen LogP contribution is -2.25. The largest absolute Gasteiger partial charge is 0.303 e. The van der Waals surface area contributed by atoms with Crippen molar-refractivity contribution < 1.29 is 4.79 Å². The van der Waals surface area contributed by atoms with Crippen LogP contribution >= 0.6 is 0 Å². The molecule has 0 amide bonds. The lowest BCUT2D eigenvalue weighted by Gasteiger charge is -2.32. The van der Waals surface area contributed by atoms with Crippen LogP contribution in [-0.2, 0) is 4.79 Å². The maximum atomic E-state index is 10.7. The molecule has 12 heavy (non-hydrogen) atoms. The van der Waals surface area contributed by atoms with Gasteiger partial charge in [-0.3, -0.25) is 0 Å². The van der Waals surface area contributed by atoms with E-state index in [1.807, 2.05) is 13.8 Å². The van der Waals surface area contributed by atoms with E-state index in [9.17, 15) is 4.79 Å². The van der Waals surface area contributed by atoms with Crippen LogP contribution in [0.5, 0.6) is 0 Å². The summed E-state index contributed by atoms with van der Waals surface area (Å²) >= 11 is 0. The first-order chi connectivity index (χ1) is 5.19. The third-order valence-electron chi connectivity index (χ3n) is 2.63. The minimum atomic E-state index is -0.160. The van der Waals surface area contributed by atoms with Gasteiger partial charge in [-0.15, -0.1) is 0 Å². The van der Waals surface area contributed by atoms with Crippen molar-refractivity contribution in [2.24, 2.45) is 16.7 Å². The molecule has 0 aromatic heterocycles. The molecule has 0 aliphatic heterocycles. The van der Waals surface area contributed by atoms with Crippen LogP contribution in [0.15, 0.2) is 0 Å². The summed E-state index contributed by atoms with van der Waals surface area (Å²) in [5.74, 6) is 0.581. The van der Waals surface area contributed by atoms with Gasteiger partial charge >= 0.3 is 0 Å². The van der Waals surface area contributed by atoms with Gasteiger partial charge in [0.2, 0.25) is 0 Å². The Morgan fingerprint density at radius 3 is 1.83 bits per heavy atom. The number of hydrogen-bond acceptors (Lipinski definition) is 1. The monoisotopic (exact) mass is 170 g/mol. The van der Waals surface area contributed by atoms with E-state index >= 15 is 0 Å². The Balaban J connectivity index is 4.18. The van der Waals surface area contributed by atoms with Gasteiger partial charge in [0.15, 0.2) is 0 Å². The first-order valence-electron chi connectivity index (χ1n) is 4.65. The highest BCUT2D eigenvalue weighted by Gasteiger charge is 2.27. The van der Waals surface area contributed by atoms with Crippen LogP contribution in [0.1, 0.15) is 48.0 Å². The Hall–Kier alpha value is -0.330. The maximum absolute atomic E-state index is 10.7. The molecule has 1 heteroatoms. The third kappa shape index (κ3) is 3.89. The first-order valence-corrected chi connectivity index (χ1v) is 4.65. The minimum Gasteiger partial charge on any atom is -0.303 e. The fourth-order valence-electron chi connectivity index (χ4n) is 1.14. The summed E-state index contributed by atoms with van der Waals surface area (Å²) < 4.78 is 0. The quantitative estimate of drug-likeness (QED) is 0.594. The van der Waals surface area contributed by atoms with Crippen LogP contribution < -0.4 is 0 Å². The molecule has 72 valence electrons. The third-order valence-corrected chi connectivity index (χ3v) is 2.63. The van der Waals surface area contributed by atoms with E-state index < -0.39 is 0 Å². The lowest BCUT2D eigenvalue weighted by atomic mass is 9.73. The predicted octanol–water partition coefficient (Wildman–Crippen LogP) is 3.28. The first kappa shape index (κ1) is 11.7. The number of carbonyl (C=O) groups is 1. The number of carbonyl (C=O) groups excluding carboxylic acids is 1. The normalized spacial score (nSPS) is 15.8. The summed E-state index contributed by atoms with van der Waals surface area (Å²) in [5, 5.41) is 0. The molecule has 0 fully saturated rings. The minimum absolute atomic E-state index is 0.160. The Morgan fingerprint density at radius 2 is 1.58 bits per heavy atom. The second-order valence-electron chi connectivity index (χ2n) is 5.58. The molecule has 0 aromatic rings. The van der Waals surface area contributed by atoms with Crippen LogP contribution in [-0.4, -0.2) is 6.29 Å². The molecule has 0 aromatic carbocycles. The van der Waals surface area contributed by atoms with Crippen molar-refractivity contribution in [1.82, 2.24) is 0 Å². The standard InChI is InChI=1S/C11H22O/c1-9(10(2,3)4)7-11(5,6)8-12/h8-9H,7H2,1-6H3. The van der Waals surface area contributed by atoms with E-state index in [1.54, 1.807) is 0 Å². The highest BCUT2D eigenvalue weighted by atomic mass is 16.1. The van der Waals surface area contributed by atoms with Gasteiger partial charge in [0.05, 0.1) is 0 Å². The van der Waals surface area contributed by atoms with Crippen LogP contribution in [0.4, 0.5) is 0 Å². The molecule has 0 radical (unpaired) electrons. The molecule has 0 spiro atoms. The topological polar surface area (TPSA) is 17.1 Å². The van der Waals surface area contributed by atoms with Gasteiger partial charge in [-0.25, -0.2) is 0 Å². The zero-order chi connectivity index (χ0) is 9.99.